The molecule has 1 aliphatic heterocycles. The van der Waals surface area contributed by atoms with E-state index < -0.39 is 0 Å². The molecule has 3 aromatic heterocycles. The van der Waals surface area contributed by atoms with Crippen LogP contribution < -0.4 is 11.2 Å². The Balaban J connectivity index is 1.38. The summed E-state index contributed by atoms with van der Waals surface area (Å²) in [4.78, 5) is 47.1. The number of nitrogens with zero attached hydrogens (tertiary/aromatic N) is 4. The number of aromatic nitrogens is 4. The second-order valence-electron chi connectivity index (χ2n) is 6.87. The molecule has 0 spiro atoms. The van der Waals surface area contributed by atoms with Crippen molar-refractivity contribution in [2.24, 2.45) is 0 Å². The number of aromatic amines is 1. The van der Waals surface area contributed by atoms with Gasteiger partial charge in [-0.3, -0.25) is 18.6 Å². The molecule has 1 fully saturated rings. The van der Waals surface area contributed by atoms with Gasteiger partial charge in [0.15, 0.2) is 4.96 Å². The van der Waals surface area contributed by atoms with Gasteiger partial charge in [-0.2, -0.15) is 0 Å². The molecular weight excluding hydrogens is 378 g/mol. The largest absolute Gasteiger partial charge is 0.338 e. The van der Waals surface area contributed by atoms with E-state index in [1.165, 1.54) is 21.9 Å². The zero-order valence-electron chi connectivity index (χ0n) is 14.9. The lowest BCUT2D eigenvalue weighted by molar-refractivity contribution is 0.0692. The fourth-order valence-corrected chi connectivity index (χ4v) is 4.58. The van der Waals surface area contributed by atoms with Crippen LogP contribution in [0.1, 0.15) is 29.2 Å². The van der Waals surface area contributed by atoms with Crippen molar-refractivity contribution >= 4 is 33.2 Å². The van der Waals surface area contributed by atoms with Crippen LogP contribution in [-0.2, 0) is 0 Å². The van der Waals surface area contributed by atoms with Crippen molar-refractivity contribution < 1.29 is 4.79 Å². The van der Waals surface area contributed by atoms with Gasteiger partial charge < -0.3 is 9.88 Å². The van der Waals surface area contributed by atoms with Crippen molar-refractivity contribution in [3.8, 4) is 0 Å². The molecule has 1 N–H and O–H groups in total. The van der Waals surface area contributed by atoms with E-state index in [2.05, 4.69) is 9.97 Å². The molecular formula is C19H17N5O3S. The Morgan fingerprint density at radius 3 is 2.79 bits per heavy atom. The molecule has 4 heterocycles. The summed E-state index contributed by atoms with van der Waals surface area (Å²) >= 11 is 1.35. The summed E-state index contributed by atoms with van der Waals surface area (Å²) in [5.74, 6) is -0.303. The maximum Gasteiger partial charge on any atom is 0.326 e. The molecule has 8 nitrogen and oxygen atoms in total. The molecule has 1 aliphatic rings. The lowest BCUT2D eigenvalue weighted by Crippen LogP contribution is -2.42. The van der Waals surface area contributed by atoms with Crippen LogP contribution in [0.25, 0.3) is 16.0 Å². The van der Waals surface area contributed by atoms with Crippen LogP contribution in [0, 0.1) is 0 Å². The van der Waals surface area contributed by atoms with Gasteiger partial charge >= 0.3 is 5.69 Å². The smallest absolute Gasteiger partial charge is 0.326 e. The van der Waals surface area contributed by atoms with E-state index in [0.29, 0.717) is 30.9 Å². The van der Waals surface area contributed by atoms with Crippen molar-refractivity contribution in [1.29, 1.82) is 0 Å². The van der Waals surface area contributed by atoms with Gasteiger partial charge in [0.2, 0.25) is 0 Å². The number of hydrogen-bond donors (Lipinski definition) is 1. The van der Waals surface area contributed by atoms with Crippen molar-refractivity contribution in [1.82, 2.24) is 23.8 Å². The Morgan fingerprint density at radius 1 is 1.18 bits per heavy atom. The van der Waals surface area contributed by atoms with Crippen molar-refractivity contribution in [2.45, 2.75) is 18.9 Å². The molecule has 5 rings (SSSR count). The van der Waals surface area contributed by atoms with Crippen LogP contribution >= 0.6 is 11.3 Å². The molecule has 0 saturated carbocycles. The average molecular weight is 395 g/mol. The molecule has 0 unspecified atom stereocenters. The molecule has 0 atom stereocenters. The number of nitrogens with one attached hydrogen (secondary N) is 1. The van der Waals surface area contributed by atoms with E-state index >= 15 is 0 Å². The van der Waals surface area contributed by atoms with Gasteiger partial charge in [-0.1, -0.05) is 12.1 Å². The summed E-state index contributed by atoms with van der Waals surface area (Å²) in [5.41, 5.74) is 1.30. The Hall–Kier alpha value is -3.20. The molecule has 0 aliphatic carbocycles. The number of carbonyl (C=O) groups excluding carboxylic acids is 1. The third kappa shape index (κ3) is 2.58. The predicted molar refractivity (Wildman–Crippen MR) is 106 cm³/mol. The van der Waals surface area contributed by atoms with E-state index in [-0.39, 0.29) is 28.8 Å². The topological polar surface area (TPSA) is 92.5 Å². The van der Waals surface area contributed by atoms with Crippen LogP contribution in [0.3, 0.4) is 0 Å². The third-order valence-electron chi connectivity index (χ3n) is 5.31. The zero-order chi connectivity index (χ0) is 19.3. The lowest BCUT2D eigenvalue weighted by atomic mass is 10.0. The number of fused-ring (bicyclic) bond motifs is 2. The summed E-state index contributed by atoms with van der Waals surface area (Å²) in [7, 11) is 0. The highest BCUT2D eigenvalue weighted by Gasteiger charge is 2.28. The SMILES string of the molecule is O=C(c1cnc2sccn2c1=O)N1CCC(n2c(=O)[nH]c3ccccc32)CC1. The van der Waals surface area contributed by atoms with E-state index in [1.807, 2.05) is 24.3 Å². The molecule has 142 valence electrons. The number of para-hydroxylation sites is 2. The standard InChI is InChI=1S/C19H17N5O3S/c25-16(13-11-20-19-23(17(13)26)9-10-28-19)22-7-5-12(6-8-22)24-15-4-2-1-3-14(15)21-18(24)27/h1-4,9-12H,5-8H2,(H,21,27). The number of benzene rings is 1. The fourth-order valence-electron chi connectivity index (χ4n) is 3.91. The highest BCUT2D eigenvalue weighted by molar-refractivity contribution is 7.15. The number of rotatable bonds is 2. The quantitative estimate of drug-likeness (QED) is 0.561. The molecule has 0 bridgehead atoms. The highest BCUT2D eigenvalue weighted by Crippen LogP contribution is 2.25. The highest BCUT2D eigenvalue weighted by atomic mass is 32.1. The van der Waals surface area contributed by atoms with Crippen LogP contribution in [0.2, 0.25) is 0 Å². The number of hydrogen-bond acceptors (Lipinski definition) is 5. The van der Waals surface area contributed by atoms with E-state index in [0.717, 1.165) is 11.0 Å². The third-order valence-corrected chi connectivity index (χ3v) is 6.08. The maximum atomic E-state index is 12.9. The summed E-state index contributed by atoms with van der Waals surface area (Å²) in [6.07, 6.45) is 4.31. The fraction of sp³-hybridized carbons (Fsp3) is 0.263. The Bertz CT molecular complexity index is 1310. The lowest BCUT2D eigenvalue weighted by Gasteiger charge is -2.32. The molecule has 0 radical (unpaired) electrons. The molecule has 1 saturated heterocycles. The van der Waals surface area contributed by atoms with Gasteiger partial charge in [-0.05, 0) is 25.0 Å². The number of imidazole rings is 1. The van der Waals surface area contributed by atoms with Crippen LogP contribution in [0.5, 0.6) is 0 Å². The van der Waals surface area contributed by atoms with Crippen LogP contribution in [0.15, 0.2) is 51.6 Å². The number of thiazole rings is 1. The summed E-state index contributed by atoms with van der Waals surface area (Å²) in [5, 5.41) is 1.77. The molecule has 9 heteroatoms. The Morgan fingerprint density at radius 2 is 1.96 bits per heavy atom. The van der Waals surface area contributed by atoms with Crippen molar-refractivity contribution in [2.75, 3.05) is 13.1 Å². The first-order valence-electron chi connectivity index (χ1n) is 9.07. The first-order chi connectivity index (χ1) is 13.6. The van der Waals surface area contributed by atoms with Gasteiger partial charge in [0.05, 0.1) is 11.0 Å². The Kier molecular flexibility index (Phi) is 3.90. The van der Waals surface area contributed by atoms with Gasteiger partial charge in [0.1, 0.15) is 5.56 Å². The predicted octanol–water partition coefficient (Wildman–Crippen LogP) is 1.88. The van der Waals surface area contributed by atoms with Crippen LogP contribution in [-0.4, -0.2) is 42.8 Å². The second-order valence-corrected chi connectivity index (χ2v) is 7.75. The van der Waals surface area contributed by atoms with E-state index in [9.17, 15) is 14.4 Å². The van der Waals surface area contributed by atoms with Crippen LogP contribution in [0.4, 0.5) is 0 Å². The number of amides is 1. The Labute approximate surface area is 162 Å². The van der Waals surface area contributed by atoms with Gasteiger partial charge in [0, 0.05) is 36.9 Å². The van der Waals surface area contributed by atoms with Gasteiger partial charge in [-0.15, -0.1) is 11.3 Å². The number of H-pyrrole nitrogens is 1. The van der Waals surface area contributed by atoms with Crippen molar-refractivity contribution in [3.05, 3.63) is 68.4 Å². The number of carbonyl (C=O) groups is 1. The first-order valence-corrected chi connectivity index (χ1v) is 9.95. The zero-order valence-corrected chi connectivity index (χ0v) is 15.7. The monoisotopic (exact) mass is 395 g/mol. The summed E-state index contributed by atoms with van der Waals surface area (Å²) in [6.45, 7) is 0.975. The maximum absolute atomic E-state index is 12.9. The number of likely N-dealkylation sites (tertiary alicyclic amines) is 1. The summed E-state index contributed by atoms with van der Waals surface area (Å²) in [6, 6.07) is 7.62. The average Bonchev–Trinajstić information content (AvgIpc) is 3.32. The second kappa shape index (κ2) is 6.45. The minimum absolute atomic E-state index is 0.0197. The van der Waals surface area contributed by atoms with Gasteiger partial charge in [-0.25, -0.2) is 9.78 Å². The molecule has 1 aromatic carbocycles. The van der Waals surface area contributed by atoms with Gasteiger partial charge in [0.25, 0.3) is 11.5 Å². The minimum atomic E-state index is -0.341. The molecule has 1 amide bonds. The van der Waals surface area contributed by atoms with E-state index in [1.54, 1.807) is 21.0 Å². The minimum Gasteiger partial charge on any atom is -0.338 e. The normalized spacial score (nSPS) is 15.5. The number of piperidine rings is 1. The van der Waals surface area contributed by atoms with Crippen molar-refractivity contribution in [3.63, 3.8) is 0 Å². The summed E-state index contributed by atoms with van der Waals surface area (Å²) < 4.78 is 3.18. The first kappa shape index (κ1) is 16.9. The molecule has 4 aromatic rings. The molecule has 28 heavy (non-hydrogen) atoms. The van der Waals surface area contributed by atoms with E-state index in [4.69, 9.17) is 0 Å².